The third-order valence-electron chi connectivity index (χ3n) is 3.91. The number of halogens is 1. The van der Waals surface area contributed by atoms with Gasteiger partial charge in [0.05, 0.1) is 6.61 Å². The first-order valence-corrected chi connectivity index (χ1v) is 8.00. The molecule has 0 aliphatic carbocycles. The Morgan fingerprint density at radius 3 is 2.58 bits per heavy atom. The molecule has 3 heteroatoms. The van der Waals surface area contributed by atoms with Crippen LogP contribution in [0.2, 0.25) is 0 Å². The number of ether oxygens (including phenoxy) is 1. The zero-order valence-electron chi connectivity index (χ0n) is 12.1. The molecule has 0 spiro atoms. The van der Waals surface area contributed by atoms with Crippen LogP contribution >= 0.6 is 15.9 Å². The van der Waals surface area contributed by atoms with Crippen LogP contribution in [0.25, 0.3) is 0 Å². The molecule has 0 bridgehead atoms. The van der Waals surface area contributed by atoms with Gasteiger partial charge in [-0.2, -0.15) is 0 Å². The van der Waals surface area contributed by atoms with Crippen molar-refractivity contribution in [3.63, 3.8) is 0 Å². The number of benzene rings is 1. The minimum absolute atomic E-state index is 0.413. The smallest absolute Gasteiger partial charge is 0.0512 e. The molecule has 1 N–H and O–H groups in total. The van der Waals surface area contributed by atoms with Crippen LogP contribution in [-0.2, 0) is 4.74 Å². The lowest BCUT2D eigenvalue weighted by molar-refractivity contribution is 0.0392. The highest BCUT2D eigenvalue weighted by Crippen LogP contribution is 2.32. The van der Waals surface area contributed by atoms with Crippen LogP contribution in [-0.4, -0.2) is 19.8 Å². The lowest BCUT2D eigenvalue weighted by Gasteiger charge is -2.31. The van der Waals surface area contributed by atoms with Gasteiger partial charge in [0.15, 0.2) is 0 Å². The molecule has 0 saturated carbocycles. The van der Waals surface area contributed by atoms with Crippen LogP contribution in [0.3, 0.4) is 0 Å². The summed E-state index contributed by atoms with van der Waals surface area (Å²) in [6, 6.07) is 5.02. The first kappa shape index (κ1) is 15.0. The Hall–Kier alpha value is -0.380. The van der Waals surface area contributed by atoms with Gasteiger partial charge in [0.25, 0.3) is 0 Å². The van der Waals surface area contributed by atoms with E-state index < -0.39 is 0 Å². The van der Waals surface area contributed by atoms with Crippen LogP contribution < -0.4 is 5.32 Å². The molecule has 19 heavy (non-hydrogen) atoms. The number of nitrogens with one attached hydrogen (secondary N) is 1. The molecule has 2 unspecified atom stereocenters. The number of aryl methyl sites for hydroxylation is 2. The van der Waals surface area contributed by atoms with Crippen molar-refractivity contribution in [3.8, 4) is 0 Å². The number of hydrogen-bond acceptors (Lipinski definition) is 2. The maximum atomic E-state index is 5.67. The summed E-state index contributed by atoms with van der Waals surface area (Å²) in [5.74, 6) is 0.591. The molecule has 1 aliphatic heterocycles. The molecule has 1 aromatic carbocycles. The maximum Gasteiger partial charge on any atom is 0.0512 e. The summed E-state index contributed by atoms with van der Waals surface area (Å²) in [4.78, 5) is 0. The van der Waals surface area contributed by atoms with E-state index in [-0.39, 0.29) is 0 Å². The molecular weight excluding hydrogens is 302 g/mol. The highest BCUT2D eigenvalue weighted by atomic mass is 79.9. The summed E-state index contributed by atoms with van der Waals surface area (Å²) in [6.45, 7) is 9.31. The van der Waals surface area contributed by atoms with Crippen molar-refractivity contribution in [2.75, 3.05) is 19.8 Å². The predicted molar refractivity (Wildman–Crippen MR) is 83.6 cm³/mol. The van der Waals surface area contributed by atoms with E-state index in [4.69, 9.17) is 4.74 Å². The average molecular weight is 326 g/mol. The summed E-state index contributed by atoms with van der Waals surface area (Å²) in [7, 11) is 0. The van der Waals surface area contributed by atoms with E-state index in [9.17, 15) is 0 Å². The summed E-state index contributed by atoms with van der Waals surface area (Å²) in [6.07, 6.45) is 2.44. The third-order valence-corrected chi connectivity index (χ3v) is 5.16. The minimum atomic E-state index is 0.413. The van der Waals surface area contributed by atoms with Crippen LogP contribution in [0.15, 0.2) is 16.6 Å². The second-order valence-electron chi connectivity index (χ2n) is 5.48. The molecule has 0 aromatic heterocycles. The zero-order chi connectivity index (χ0) is 13.8. The summed E-state index contributed by atoms with van der Waals surface area (Å²) in [5, 5.41) is 3.65. The molecule has 2 atom stereocenters. The lowest BCUT2D eigenvalue weighted by atomic mass is 9.87. The number of hydrogen-bond donors (Lipinski definition) is 1. The van der Waals surface area contributed by atoms with E-state index in [2.05, 4.69) is 54.2 Å². The molecule has 1 aliphatic rings. The molecule has 106 valence electrons. The summed E-state index contributed by atoms with van der Waals surface area (Å²) in [5.41, 5.74) is 4.03. The van der Waals surface area contributed by atoms with Crippen molar-refractivity contribution in [2.45, 2.75) is 39.7 Å². The molecule has 1 heterocycles. The Labute approximate surface area is 125 Å². The van der Waals surface area contributed by atoms with E-state index in [0.29, 0.717) is 12.0 Å². The first-order chi connectivity index (χ1) is 9.13. The third kappa shape index (κ3) is 3.59. The van der Waals surface area contributed by atoms with Crippen LogP contribution in [0.4, 0.5) is 0 Å². The fourth-order valence-electron chi connectivity index (χ4n) is 2.96. The molecule has 1 saturated heterocycles. The van der Waals surface area contributed by atoms with Gasteiger partial charge >= 0.3 is 0 Å². The lowest BCUT2D eigenvalue weighted by Crippen LogP contribution is -2.33. The van der Waals surface area contributed by atoms with Gasteiger partial charge in [-0.05, 0) is 49.9 Å². The molecule has 0 amide bonds. The minimum Gasteiger partial charge on any atom is -0.381 e. The second-order valence-corrected chi connectivity index (χ2v) is 6.27. The monoisotopic (exact) mass is 325 g/mol. The van der Waals surface area contributed by atoms with Gasteiger partial charge in [-0.3, -0.25) is 0 Å². The topological polar surface area (TPSA) is 21.3 Å². The van der Waals surface area contributed by atoms with E-state index >= 15 is 0 Å². The Balaban J connectivity index is 2.27. The molecule has 0 radical (unpaired) electrons. The van der Waals surface area contributed by atoms with Crippen molar-refractivity contribution in [1.82, 2.24) is 5.32 Å². The molecule has 2 nitrogen and oxygen atoms in total. The van der Waals surface area contributed by atoms with Crippen molar-refractivity contribution >= 4 is 15.9 Å². The van der Waals surface area contributed by atoms with Crippen molar-refractivity contribution in [2.24, 2.45) is 5.92 Å². The SMILES string of the molecule is CCNC(c1cc(C)c(Br)c(C)c1)C1CCCOC1. The average Bonchev–Trinajstić information content (AvgIpc) is 2.42. The molecule has 1 aromatic rings. The van der Waals surface area contributed by atoms with Gasteiger partial charge in [-0.15, -0.1) is 0 Å². The van der Waals surface area contributed by atoms with Crippen molar-refractivity contribution in [3.05, 3.63) is 33.3 Å². The van der Waals surface area contributed by atoms with Gasteiger partial charge in [0.2, 0.25) is 0 Å². The Bertz CT molecular complexity index is 404. The quantitative estimate of drug-likeness (QED) is 0.898. The zero-order valence-corrected chi connectivity index (χ0v) is 13.7. The van der Waals surface area contributed by atoms with E-state index in [1.807, 2.05) is 0 Å². The van der Waals surface area contributed by atoms with Gasteiger partial charge in [0.1, 0.15) is 0 Å². The van der Waals surface area contributed by atoms with Crippen molar-refractivity contribution < 1.29 is 4.74 Å². The Kier molecular flexibility index (Phi) is 5.43. The summed E-state index contributed by atoms with van der Waals surface area (Å²) < 4.78 is 6.89. The van der Waals surface area contributed by atoms with Crippen molar-refractivity contribution in [1.29, 1.82) is 0 Å². The van der Waals surface area contributed by atoms with Crippen LogP contribution in [0.5, 0.6) is 0 Å². The van der Waals surface area contributed by atoms with Crippen LogP contribution in [0.1, 0.15) is 42.5 Å². The molecule has 1 fully saturated rings. The fourth-order valence-corrected chi connectivity index (χ4v) is 3.19. The Morgan fingerprint density at radius 1 is 1.37 bits per heavy atom. The summed E-state index contributed by atoms with van der Waals surface area (Å²) >= 11 is 3.65. The number of rotatable bonds is 4. The molecule has 2 rings (SSSR count). The highest BCUT2D eigenvalue weighted by Gasteiger charge is 2.25. The standard InChI is InChI=1S/C16H24BrNO/c1-4-18-16(13-6-5-7-19-10-13)14-8-11(2)15(17)12(3)9-14/h8-9,13,16,18H,4-7,10H2,1-3H3. The van der Waals surface area contributed by atoms with Crippen LogP contribution in [0, 0.1) is 19.8 Å². The largest absolute Gasteiger partial charge is 0.381 e. The molecular formula is C16H24BrNO. The fraction of sp³-hybridized carbons (Fsp3) is 0.625. The van der Waals surface area contributed by atoms with Gasteiger partial charge in [-0.1, -0.05) is 35.0 Å². The Morgan fingerprint density at radius 2 is 2.05 bits per heavy atom. The second kappa shape index (κ2) is 6.87. The van der Waals surface area contributed by atoms with Gasteiger partial charge in [-0.25, -0.2) is 0 Å². The van der Waals surface area contributed by atoms with E-state index in [1.165, 1.54) is 34.0 Å². The van der Waals surface area contributed by atoms with E-state index in [0.717, 1.165) is 19.8 Å². The van der Waals surface area contributed by atoms with Gasteiger partial charge in [0, 0.05) is 23.0 Å². The van der Waals surface area contributed by atoms with Gasteiger partial charge < -0.3 is 10.1 Å². The predicted octanol–water partition coefficient (Wildman–Crippen LogP) is 4.14. The maximum absolute atomic E-state index is 5.67. The first-order valence-electron chi connectivity index (χ1n) is 7.21. The van der Waals surface area contributed by atoms with E-state index in [1.54, 1.807) is 0 Å². The normalized spacial score (nSPS) is 21.4. The highest BCUT2D eigenvalue weighted by molar-refractivity contribution is 9.10.